The lowest BCUT2D eigenvalue weighted by atomic mass is 10.0. The molecule has 230 valence electrons. The van der Waals surface area contributed by atoms with Gasteiger partial charge in [0, 0.05) is 35.5 Å². The molecule has 1 saturated carbocycles. The van der Waals surface area contributed by atoms with Gasteiger partial charge in [-0.15, -0.1) is 18.3 Å². The van der Waals surface area contributed by atoms with Gasteiger partial charge in [0.2, 0.25) is 6.35 Å². The van der Waals surface area contributed by atoms with Gasteiger partial charge in [0.25, 0.3) is 0 Å². The van der Waals surface area contributed by atoms with Gasteiger partial charge in [0.15, 0.2) is 11.0 Å². The second-order valence-corrected chi connectivity index (χ2v) is 12.0. The van der Waals surface area contributed by atoms with Crippen LogP contribution in [0.2, 0.25) is 0 Å². The first-order valence-corrected chi connectivity index (χ1v) is 15.1. The molecule has 0 amide bonds. The van der Waals surface area contributed by atoms with Crippen LogP contribution >= 0.6 is 11.8 Å². The molecule has 3 atom stereocenters. The third-order valence-corrected chi connectivity index (χ3v) is 8.46. The van der Waals surface area contributed by atoms with Crippen LogP contribution in [0.3, 0.4) is 0 Å². The molecule has 2 aliphatic rings. The van der Waals surface area contributed by atoms with Crippen LogP contribution in [-0.2, 0) is 0 Å². The van der Waals surface area contributed by atoms with E-state index in [1.165, 1.54) is 41.3 Å². The molecule has 2 heterocycles. The molecular formula is C31H30F4N6O2S. The quantitative estimate of drug-likeness (QED) is 0.164. The number of benzene rings is 3. The number of amidine groups is 1. The predicted octanol–water partition coefficient (Wildman–Crippen LogP) is 6.43. The number of nitrogens with zero attached hydrogens (tertiary/aromatic N) is 5. The summed E-state index contributed by atoms with van der Waals surface area (Å²) < 4.78 is 56.6. The van der Waals surface area contributed by atoms with Crippen molar-refractivity contribution in [2.45, 2.75) is 50.9 Å². The predicted molar refractivity (Wildman–Crippen MR) is 161 cm³/mol. The van der Waals surface area contributed by atoms with E-state index in [0.717, 1.165) is 41.1 Å². The van der Waals surface area contributed by atoms with Crippen molar-refractivity contribution >= 4 is 22.6 Å². The Balaban J connectivity index is 1.06. The zero-order valence-corrected chi connectivity index (χ0v) is 24.7. The van der Waals surface area contributed by atoms with Crippen molar-refractivity contribution in [1.82, 2.24) is 20.1 Å². The van der Waals surface area contributed by atoms with Crippen molar-refractivity contribution in [3.8, 4) is 22.8 Å². The molecule has 1 aromatic heterocycles. The molecule has 8 nitrogen and oxygen atoms in total. The van der Waals surface area contributed by atoms with Crippen LogP contribution in [0.15, 0.2) is 78.0 Å². The van der Waals surface area contributed by atoms with Gasteiger partial charge in [-0.05, 0) is 65.9 Å². The summed E-state index contributed by atoms with van der Waals surface area (Å²) in [5.41, 5.74) is 4.26. The number of anilines is 1. The highest BCUT2D eigenvalue weighted by Gasteiger charge is 2.39. The first-order chi connectivity index (χ1) is 21.0. The minimum absolute atomic E-state index is 0.0683. The molecule has 4 aromatic rings. The summed E-state index contributed by atoms with van der Waals surface area (Å²) in [6.07, 6.45) is -3.47. The Hall–Kier alpha value is -3.94. The van der Waals surface area contributed by atoms with Crippen molar-refractivity contribution in [3.05, 3.63) is 90.0 Å². The number of halogens is 4. The second kappa shape index (κ2) is 12.2. The van der Waals surface area contributed by atoms with Crippen molar-refractivity contribution in [2.24, 2.45) is 4.99 Å². The Morgan fingerprint density at radius 1 is 1.07 bits per heavy atom. The fourth-order valence-corrected chi connectivity index (χ4v) is 6.22. The van der Waals surface area contributed by atoms with Crippen molar-refractivity contribution in [2.75, 3.05) is 17.2 Å². The topological polar surface area (TPSA) is 87.8 Å². The maximum Gasteiger partial charge on any atom is 0.573 e. The number of aliphatic hydroxyl groups excluding tert-OH is 1. The molecule has 0 radical (unpaired) electrons. The van der Waals surface area contributed by atoms with Crippen LogP contribution in [0.4, 0.5) is 23.2 Å². The van der Waals surface area contributed by atoms with Gasteiger partial charge in [0.05, 0.1) is 5.69 Å². The molecule has 3 unspecified atom stereocenters. The highest BCUT2D eigenvalue weighted by molar-refractivity contribution is 8.14. The van der Waals surface area contributed by atoms with Crippen molar-refractivity contribution < 1.29 is 27.4 Å². The van der Waals surface area contributed by atoms with Crippen LogP contribution < -0.4 is 15.0 Å². The average Bonchev–Trinajstić information content (AvgIpc) is 3.33. The maximum atomic E-state index is 13.9. The van der Waals surface area contributed by atoms with E-state index in [1.807, 2.05) is 43.0 Å². The number of thioether (sulfide) groups is 1. The molecule has 0 spiro atoms. The number of aliphatic imine (C=N–C) groups is 1. The Morgan fingerprint density at radius 3 is 2.52 bits per heavy atom. The summed E-state index contributed by atoms with van der Waals surface area (Å²) in [5, 5.41) is 19.1. The standard InChI is InChI=1S/C31H30F4N6O2S/c1-18(2)24-15-21(32)7-12-27(24)40-13-14-44-30(40)38-29(42)37-26-16-25(26)19-3-5-20(6-4-19)28-36-17-41(39-28)22-8-10-23(11-9-22)43-31(33,34)35/h3-12,15,17-18,25-26,29,37,42H,13-14,16H2,1-2H3. The fourth-order valence-electron chi connectivity index (χ4n) is 5.25. The molecule has 6 rings (SSSR count). The molecule has 1 saturated heterocycles. The van der Waals surface area contributed by atoms with Crippen LogP contribution in [0.5, 0.6) is 5.75 Å². The molecule has 2 N–H and O–H groups in total. The van der Waals surface area contributed by atoms with E-state index < -0.39 is 12.7 Å². The summed E-state index contributed by atoms with van der Waals surface area (Å²) in [4.78, 5) is 10.9. The lowest BCUT2D eigenvalue weighted by molar-refractivity contribution is -0.274. The largest absolute Gasteiger partial charge is 0.573 e. The Morgan fingerprint density at radius 2 is 1.82 bits per heavy atom. The van der Waals surface area contributed by atoms with Crippen LogP contribution in [-0.4, -0.2) is 56.1 Å². The van der Waals surface area contributed by atoms with E-state index in [4.69, 9.17) is 0 Å². The van der Waals surface area contributed by atoms with Gasteiger partial charge in [-0.25, -0.2) is 19.0 Å². The van der Waals surface area contributed by atoms with Gasteiger partial charge in [0.1, 0.15) is 17.9 Å². The Bertz CT molecular complexity index is 1640. The molecule has 0 bridgehead atoms. The van der Waals surface area contributed by atoms with E-state index in [0.29, 0.717) is 16.7 Å². The second-order valence-electron chi connectivity index (χ2n) is 10.9. The lowest BCUT2D eigenvalue weighted by Crippen LogP contribution is -2.33. The van der Waals surface area contributed by atoms with E-state index in [1.54, 1.807) is 23.9 Å². The number of rotatable bonds is 9. The third-order valence-electron chi connectivity index (χ3n) is 7.49. The van der Waals surface area contributed by atoms with E-state index in [9.17, 15) is 22.7 Å². The van der Waals surface area contributed by atoms with Crippen LogP contribution in [0.25, 0.3) is 17.1 Å². The monoisotopic (exact) mass is 626 g/mol. The van der Waals surface area contributed by atoms with Crippen molar-refractivity contribution in [3.63, 3.8) is 0 Å². The van der Waals surface area contributed by atoms with Gasteiger partial charge in [-0.2, -0.15) is 0 Å². The summed E-state index contributed by atoms with van der Waals surface area (Å²) >= 11 is 1.57. The average molecular weight is 627 g/mol. The Labute approximate surface area is 255 Å². The highest BCUT2D eigenvalue weighted by atomic mass is 32.2. The van der Waals surface area contributed by atoms with Crippen molar-refractivity contribution in [1.29, 1.82) is 0 Å². The van der Waals surface area contributed by atoms with E-state index in [-0.39, 0.29) is 29.4 Å². The van der Waals surface area contributed by atoms with Gasteiger partial charge < -0.3 is 14.7 Å². The minimum Gasteiger partial charge on any atom is -0.406 e. The minimum atomic E-state index is -4.75. The molecule has 1 aliphatic heterocycles. The number of hydrogen-bond donors (Lipinski definition) is 2. The molecule has 2 fully saturated rings. The summed E-state index contributed by atoms with van der Waals surface area (Å²) in [6, 6.07) is 18.1. The maximum absolute atomic E-state index is 13.9. The Kier molecular flexibility index (Phi) is 8.36. The lowest BCUT2D eigenvalue weighted by Gasteiger charge is -2.24. The SMILES string of the molecule is CC(C)c1cc(F)ccc1N1CCSC1=NC(O)NC1CC1c1ccc(-c2ncn(-c3ccc(OC(F)(F)F)cc3)n2)cc1. The molecule has 44 heavy (non-hydrogen) atoms. The number of aliphatic hydroxyl groups is 1. The number of nitrogens with one attached hydrogen (secondary N) is 1. The molecule has 3 aromatic carbocycles. The van der Waals surface area contributed by atoms with Crippen LogP contribution in [0, 0.1) is 5.82 Å². The number of ether oxygens (including phenoxy) is 1. The van der Waals surface area contributed by atoms with Crippen LogP contribution in [0.1, 0.15) is 43.2 Å². The summed E-state index contributed by atoms with van der Waals surface area (Å²) in [5.74, 6) is 1.09. The summed E-state index contributed by atoms with van der Waals surface area (Å²) in [7, 11) is 0. The van der Waals surface area contributed by atoms with Gasteiger partial charge >= 0.3 is 6.36 Å². The summed E-state index contributed by atoms with van der Waals surface area (Å²) in [6.45, 7) is 4.79. The highest BCUT2D eigenvalue weighted by Crippen LogP contribution is 2.41. The number of hydrogen-bond acceptors (Lipinski definition) is 7. The first-order valence-electron chi connectivity index (χ1n) is 14.1. The molecule has 13 heteroatoms. The fraction of sp³-hybridized carbons (Fsp3) is 0.323. The van der Waals surface area contributed by atoms with Gasteiger partial charge in [-0.1, -0.05) is 49.9 Å². The third kappa shape index (κ3) is 6.90. The molecular weight excluding hydrogens is 596 g/mol. The van der Waals surface area contributed by atoms with E-state index >= 15 is 0 Å². The zero-order valence-electron chi connectivity index (χ0n) is 23.9. The number of aromatic nitrogens is 3. The first kappa shape index (κ1) is 30.1. The smallest absolute Gasteiger partial charge is 0.406 e. The zero-order chi connectivity index (χ0) is 31.0. The van der Waals surface area contributed by atoms with Gasteiger partial charge in [-0.3, -0.25) is 5.32 Å². The normalized spacial score (nSPS) is 20.0. The van der Waals surface area contributed by atoms with E-state index in [2.05, 4.69) is 25.1 Å². The number of alkyl halides is 3. The molecule has 1 aliphatic carbocycles.